The summed E-state index contributed by atoms with van der Waals surface area (Å²) in [6, 6.07) is 8.81. The monoisotopic (exact) mass is 229 g/mol. The first-order valence-corrected chi connectivity index (χ1v) is 6.43. The van der Waals surface area contributed by atoms with Crippen LogP contribution in [0, 0.1) is 17.2 Å². The molecule has 1 N–H and O–H groups in total. The Morgan fingerprint density at radius 3 is 3.00 bits per heavy atom. The summed E-state index contributed by atoms with van der Waals surface area (Å²) < 4.78 is 0. The van der Waals surface area contributed by atoms with E-state index in [0.29, 0.717) is 6.04 Å². The predicted octanol–water partition coefficient (Wildman–Crippen LogP) is 2.30. The maximum Gasteiger partial charge on any atom is 0.0672 e. The van der Waals surface area contributed by atoms with Gasteiger partial charge in [-0.25, -0.2) is 0 Å². The van der Waals surface area contributed by atoms with Gasteiger partial charge in [0.05, 0.1) is 12.0 Å². The quantitative estimate of drug-likeness (QED) is 0.861. The summed E-state index contributed by atoms with van der Waals surface area (Å²) in [5.74, 6) is 0.201. The second-order valence-corrected chi connectivity index (χ2v) is 4.65. The van der Waals surface area contributed by atoms with Crippen molar-refractivity contribution in [3.63, 3.8) is 0 Å². The Bertz CT molecular complexity index is 369. The molecule has 1 saturated carbocycles. The smallest absolute Gasteiger partial charge is 0.0672 e. The van der Waals surface area contributed by atoms with Gasteiger partial charge in [0.25, 0.3) is 0 Å². The van der Waals surface area contributed by atoms with Gasteiger partial charge < -0.3 is 5.32 Å². The van der Waals surface area contributed by atoms with E-state index in [1.807, 2.05) is 24.4 Å². The van der Waals surface area contributed by atoms with Crippen molar-refractivity contribution in [1.82, 2.24) is 10.3 Å². The Hall–Kier alpha value is -1.40. The van der Waals surface area contributed by atoms with Gasteiger partial charge in [0.2, 0.25) is 0 Å². The molecule has 3 nitrogen and oxygen atoms in total. The molecule has 1 fully saturated rings. The van der Waals surface area contributed by atoms with Gasteiger partial charge in [-0.2, -0.15) is 5.26 Å². The highest BCUT2D eigenvalue weighted by molar-refractivity contribution is 5.04. The zero-order valence-corrected chi connectivity index (χ0v) is 10.1. The van der Waals surface area contributed by atoms with Crippen molar-refractivity contribution >= 4 is 0 Å². The van der Waals surface area contributed by atoms with E-state index in [2.05, 4.69) is 16.4 Å². The Morgan fingerprint density at radius 2 is 2.24 bits per heavy atom. The average Bonchev–Trinajstić information content (AvgIpc) is 2.40. The van der Waals surface area contributed by atoms with Gasteiger partial charge >= 0.3 is 0 Å². The van der Waals surface area contributed by atoms with E-state index in [-0.39, 0.29) is 5.92 Å². The van der Waals surface area contributed by atoms with Crippen LogP contribution in [0.4, 0.5) is 0 Å². The minimum Gasteiger partial charge on any atom is -0.312 e. The van der Waals surface area contributed by atoms with Gasteiger partial charge in [-0.3, -0.25) is 4.98 Å². The molecule has 2 rings (SSSR count). The third-order valence-electron chi connectivity index (χ3n) is 3.45. The molecule has 1 heterocycles. The van der Waals surface area contributed by atoms with E-state index in [1.165, 1.54) is 12.8 Å². The van der Waals surface area contributed by atoms with Crippen LogP contribution in [0.3, 0.4) is 0 Å². The number of rotatable bonds is 4. The molecule has 0 aromatic carbocycles. The summed E-state index contributed by atoms with van der Waals surface area (Å²) in [4.78, 5) is 4.30. The molecule has 2 unspecified atom stereocenters. The lowest BCUT2D eigenvalue weighted by molar-refractivity contribution is 0.314. The van der Waals surface area contributed by atoms with Gasteiger partial charge in [-0.05, 0) is 25.0 Å². The Balaban J connectivity index is 1.76. The Labute approximate surface area is 103 Å². The van der Waals surface area contributed by atoms with Crippen molar-refractivity contribution in [1.29, 1.82) is 5.26 Å². The lowest BCUT2D eigenvalue weighted by Crippen LogP contribution is -2.39. The maximum atomic E-state index is 9.08. The predicted molar refractivity (Wildman–Crippen MR) is 67.3 cm³/mol. The second-order valence-electron chi connectivity index (χ2n) is 4.65. The van der Waals surface area contributed by atoms with Gasteiger partial charge in [0.15, 0.2) is 0 Å². The molecular weight excluding hydrogens is 210 g/mol. The van der Waals surface area contributed by atoms with E-state index in [0.717, 1.165) is 31.5 Å². The number of nitriles is 1. The topological polar surface area (TPSA) is 48.7 Å². The van der Waals surface area contributed by atoms with Gasteiger partial charge in [0.1, 0.15) is 0 Å². The van der Waals surface area contributed by atoms with E-state index in [4.69, 9.17) is 5.26 Å². The van der Waals surface area contributed by atoms with Crippen LogP contribution in [-0.2, 0) is 6.42 Å². The first-order valence-electron chi connectivity index (χ1n) is 6.43. The molecular formula is C14H19N3. The molecule has 0 radical (unpaired) electrons. The van der Waals surface area contributed by atoms with Crippen LogP contribution in [-0.4, -0.2) is 17.6 Å². The molecule has 0 aliphatic heterocycles. The number of aromatic nitrogens is 1. The molecule has 0 saturated heterocycles. The fourth-order valence-electron chi connectivity index (χ4n) is 2.46. The minimum absolute atomic E-state index is 0.201. The SMILES string of the molecule is N#CC1CCCCC1NCCc1ccccn1. The fraction of sp³-hybridized carbons (Fsp3) is 0.571. The van der Waals surface area contributed by atoms with Gasteiger partial charge in [-0.15, -0.1) is 0 Å². The van der Waals surface area contributed by atoms with Gasteiger partial charge in [0, 0.05) is 30.9 Å². The maximum absolute atomic E-state index is 9.08. The van der Waals surface area contributed by atoms with Crippen molar-refractivity contribution in [3.05, 3.63) is 30.1 Å². The lowest BCUT2D eigenvalue weighted by atomic mass is 9.85. The molecule has 3 heteroatoms. The molecule has 17 heavy (non-hydrogen) atoms. The van der Waals surface area contributed by atoms with Crippen LogP contribution in [0.5, 0.6) is 0 Å². The van der Waals surface area contributed by atoms with Crippen LogP contribution in [0.25, 0.3) is 0 Å². The summed E-state index contributed by atoms with van der Waals surface area (Å²) in [7, 11) is 0. The number of nitrogens with zero attached hydrogens (tertiary/aromatic N) is 2. The van der Waals surface area contributed by atoms with E-state index < -0.39 is 0 Å². The third kappa shape index (κ3) is 3.54. The van der Waals surface area contributed by atoms with E-state index >= 15 is 0 Å². The molecule has 0 amide bonds. The summed E-state index contributed by atoms with van der Waals surface area (Å²) in [6.07, 6.45) is 7.41. The molecule has 1 aromatic heterocycles. The van der Waals surface area contributed by atoms with Crippen molar-refractivity contribution in [3.8, 4) is 6.07 Å². The number of hydrogen-bond acceptors (Lipinski definition) is 3. The molecule has 90 valence electrons. The molecule has 0 spiro atoms. The standard InChI is InChI=1S/C14H19N3/c15-11-12-5-1-2-7-14(12)17-10-8-13-6-3-4-9-16-13/h3-4,6,9,12,14,17H,1-2,5,7-8,10H2. The number of hydrogen-bond donors (Lipinski definition) is 1. The molecule has 1 aliphatic rings. The number of nitrogens with one attached hydrogen (secondary N) is 1. The summed E-state index contributed by atoms with van der Waals surface area (Å²) in [5, 5.41) is 12.6. The lowest BCUT2D eigenvalue weighted by Gasteiger charge is -2.27. The fourth-order valence-corrected chi connectivity index (χ4v) is 2.46. The third-order valence-corrected chi connectivity index (χ3v) is 3.45. The minimum atomic E-state index is 0.201. The first-order chi connectivity index (χ1) is 8.40. The Kier molecular flexibility index (Phi) is 4.52. The van der Waals surface area contributed by atoms with E-state index in [9.17, 15) is 0 Å². The van der Waals surface area contributed by atoms with Crippen molar-refractivity contribution in [2.45, 2.75) is 38.1 Å². The molecule has 1 aliphatic carbocycles. The van der Waals surface area contributed by atoms with Crippen molar-refractivity contribution < 1.29 is 0 Å². The van der Waals surface area contributed by atoms with Crippen molar-refractivity contribution in [2.24, 2.45) is 5.92 Å². The van der Waals surface area contributed by atoms with Crippen LogP contribution in [0.1, 0.15) is 31.4 Å². The average molecular weight is 229 g/mol. The highest BCUT2D eigenvalue weighted by atomic mass is 14.9. The zero-order chi connectivity index (χ0) is 11.9. The normalized spacial score (nSPS) is 24.2. The molecule has 1 aromatic rings. The zero-order valence-electron chi connectivity index (χ0n) is 10.1. The Morgan fingerprint density at radius 1 is 1.35 bits per heavy atom. The largest absolute Gasteiger partial charge is 0.312 e. The van der Waals surface area contributed by atoms with Gasteiger partial charge in [-0.1, -0.05) is 18.9 Å². The van der Waals surface area contributed by atoms with Crippen LogP contribution < -0.4 is 5.32 Å². The summed E-state index contributed by atoms with van der Waals surface area (Å²) in [6.45, 7) is 0.917. The molecule has 0 bridgehead atoms. The number of pyridine rings is 1. The molecule has 2 atom stereocenters. The van der Waals surface area contributed by atoms with Crippen LogP contribution >= 0.6 is 0 Å². The first kappa shape index (κ1) is 12.1. The van der Waals surface area contributed by atoms with E-state index in [1.54, 1.807) is 0 Å². The summed E-state index contributed by atoms with van der Waals surface area (Å²) >= 11 is 0. The van der Waals surface area contributed by atoms with Crippen LogP contribution in [0.2, 0.25) is 0 Å². The summed E-state index contributed by atoms with van der Waals surface area (Å²) in [5.41, 5.74) is 1.12. The van der Waals surface area contributed by atoms with Crippen molar-refractivity contribution in [2.75, 3.05) is 6.54 Å². The highest BCUT2D eigenvalue weighted by Gasteiger charge is 2.23. The highest BCUT2D eigenvalue weighted by Crippen LogP contribution is 2.23. The van der Waals surface area contributed by atoms with Crippen LogP contribution in [0.15, 0.2) is 24.4 Å². The second kappa shape index (κ2) is 6.36.